The minimum absolute atomic E-state index is 0.291. The number of aromatic nitrogens is 2. The first kappa shape index (κ1) is 12.0. The molecule has 2 aromatic rings. The summed E-state index contributed by atoms with van der Waals surface area (Å²) in [6, 6.07) is 7.17. The number of halogens is 3. The number of nitriles is 1. The summed E-state index contributed by atoms with van der Waals surface area (Å²) in [5.41, 5.74) is 0.0149. The third kappa shape index (κ3) is 2.30. The van der Waals surface area contributed by atoms with Crippen molar-refractivity contribution in [3.05, 3.63) is 47.9 Å². The molecule has 0 radical (unpaired) electrons. The third-order valence-electron chi connectivity index (χ3n) is 2.26. The molecule has 0 saturated carbocycles. The molecule has 0 fully saturated rings. The van der Waals surface area contributed by atoms with Crippen molar-refractivity contribution in [2.45, 2.75) is 6.18 Å². The van der Waals surface area contributed by atoms with Gasteiger partial charge in [-0.05, 0) is 24.3 Å². The van der Waals surface area contributed by atoms with Crippen LogP contribution in [-0.4, -0.2) is 9.97 Å². The zero-order valence-electron chi connectivity index (χ0n) is 8.94. The Morgan fingerprint density at radius 1 is 1.11 bits per heavy atom. The van der Waals surface area contributed by atoms with Gasteiger partial charge in [-0.2, -0.15) is 18.4 Å². The number of hydrogen-bond donors (Lipinski definition) is 0. The van der Waals surface area contributed by atoms with Crippen molar-refractivity contribution in [1.29, 1.82) is 5.26 Å². The maximum atomic E-state index is 12.3. The molecule has 6 heteroatoms. The highest BCUT2D eigenvalue weighted by Gasteiger charge is 2.32. The van der Waals surface area contributed by atoms with Gasteiger partial charge in [-0.25, -0.2) is 0 Å². The molecule has 2 heterocycles. The highest BCUT2D eigenvalue weighted by atomic mass is 19.4. The molecule has 0 amide bonds. The van der Waals surface area contributed by atoms with Gasteiger partial charge >= 0.3 is 6.18 Å². The number of rotatable bonds is 1. The highest BCUT2D eigenvalue weighted by Crippen LogP contribution is 2.29. The highest BCUT2D eigenvalue weighted by molar-refractivity contribution is 5.65. The van der Waals surface area contributed by atoms with Crippen LogP contribution in [0.4, 0.5) is 13.2 Å². The van der Waals surface area contributed by atoms with Gasteiger partial charge in [0.1, 0.15) is 11.8 Å². The van der Waals surface area contributed by atoms with E-state index >= 15 is 0 Å². The quantitative estimate of drug-likeness (QED) is 0.780. The normalized spacial score (nSPS) is 11.0. The second kappa shape index (κ2) is 4.45. The molecule has 0 unspecified atom stereocenters. The summed E-state index contributed by atoms with van der Waals surface area (Å²) in [5.74, 6) is 0. The molecule has 18 heavy (non-hydrogen) atoms. The van der Waals surface area contributed by atoms with Gasteiger partial charge in [-0.15, -0.1) is 0 Å². The molecule has 0 saturated heterocycles. The molecule has 0 aliphatic heterocycles. The fraction of sp³-hybridized carbons (Fsp3) is 0.0833. The average Bonchev–Trinajstić information content (AvgIpc) is 2.38. The van der Waals surface area contributed by atoms with Crippen LogP contribution in [0, 0.1) is 11.3 Å². The van der Waals surface area contributed by atoms with Crippen molar-refractivity contribution in [1.82, 2.24) is 9.97 Å². The van der Waals surface area contributed by atoms with Gasteiger partial charge in [-0.1, -0.05) is 0 Å². The lowest BCUT2D eigenvalue weighted by atomic mass is 10.1. The van der Waals surface area contributed by atoms with Crippen molar-refractivity contribution < 1.29 is 13.2 Å². The van der Waals surface area contributed by atoms with Crippen LogP contribution in [-0.2, 0) is 6.18 Å². The summed E-state index contributed by atoms with van der Waals surface area (Å²) in [5, 5.41) is 8.87. The Labute approximate surface area is 101 Å². The van der Waals surface area contributed by atoms with Crippen LogP contribution >= 0.6 is 0 Å². The summed E-state index contributed by atoms with van der Waals surface area (Å²) >= 11 is 0. The number of alkyl halides is 3. The molecule has 0 aliphatic rings. The van der Waals surface area contributed by atoms with E-state index in [1.807, 2.05) is 6.07 Å². The second-order valence-corrected chi connectivity index (χ2v) is 3.44. The first-order chi connectivity index (χ1) is 8.52. The molecule has 2 aromatic heterocycles. The predicted octanol–water partition coefficient (Wildman–Crippen LogP) is 3.03. The molecular formula is C12H6F3N3. The first-order valence-corrected chi connectivity index (χ1v) is 4.91. The lowest BCUT2D eigenvalue weighted by molar-refractivity contribution is -0.141. The third-order valence-corrected chi connectivity index (χ3v) is 2.26. The molecule has 0 atom stereocenters. The van der Waals surface area contributed by atoms with Crippen LogP contribution in [0.5, 0.6) is 0 Å². The molecule has 2 rings (SSSR count). The van der Waals surface area contributed by atoms with Crippen molar-refractivity contribution in [3.8, 4) is 17.3 Å². The standard InChI is InChI=1S/C12H6F3N3/c13-12(14,15)10-4-3-9(7-18-10)11-8(6-16)2-1-5-17-11/h1-5,7H. The lowest BCUT2D eigenvalue weighted by Crippen LogP contribution is -2.07. The van der Waals surface area contributed by atoms with E-state index in [-0.39, 0.29) is 0 Å². The van der Waals surface area contributed by atoms with Crippen LogP contribution in [0.3, 0.4) is 0 Å². The van der Waals surface area contributed by atoms with E-state index in [2.05, 4.69) is 9.97 Å². The van der Waals surface area contributed by atoms with Gasteiger partial charge in [0.05, 0.1) is 11.3 Å². The van der Waals surface area contributed by atoms with Crippen LogP contribution < -0.4 is 0 Å². The zero-order chi connectivity index (χ0) is 13.2. The summed E-state index contributed by atoms with van der Waals surface area (Å²) in [6.45, 7) is 0. The van der Waals surface area contributed by atoms with Gasteiger partial charge in [0.15, 0.2) is 0 Å². The number of pyridine rings is 2. The van der Waals surface area contributed by atoms with Crippen molar-refractivity contribution >= 4 is 0 Å². The maximum absolute atomic E-state index is 12.3. The summed E-state index contributed by atoms with van der Waals surface area (Å²) in [7, 11) is 0. The SMILES string of the molecule is N#Cc1cccnc1-c1ccc(C(F)(F)F)nc1. The van der Waals surface area contributed by atoms with Gasteiger partial charge < -0.3 is 0 Å². The molecule has 0 aliphatic carbocycles. The fourth-order valence-electron chi connectivity index (χ4n) is 1.43. The summed E-state index contributed by atoms with van der Waals surface area (Å²) < 4.78 is 37.0. The average molecular weight is 249 g/mol. The zero-order valence-corrected chi connectivity index (χ0v) is 8.94. The molecule has 90 valence electrons. The molecule has 0 aromatic carbocycles. The van der Waals surface area contributed by atoms with Crippen molar-refractivity contribution in [2.75, 3.05) is 0 Å². The largest absolute Gasteiger partial charge is 0.433 e. The van der Waals surface area contributed by atoms with E-state index in [4.69, 9.17) is 5.26 Å². The molecule has 0 bridgehead atoms. The van der Waals surface area contributed by atoms with E-state index < -0.39 is 11.9 Å². The Morgan fingerprint density at radius 2 is 1.89 bits per heavy atom. The van der Waals surface area contributed by atoms with E-state index in [1.165, 1.54) is 12.3 Å². The Bertz CT molecular complexity index is 597. The first-order valence-electron chi connectivity index (χ1n) is 4.91. The van der Waals surface area contributed by atoms with Crippen molar-refractivity contribution in [3.63, 3.8) is 0 Å². The molecular weight excluding hydrogens is 243 g/mol. The van der Waals surface area contributed by atoms with E-state index in [0.29, 0.717) is 16.8 Å². The fourth-order valence-corrected chi connectivity index (χ4v) is 1.43. The van der Waals surface area contributed by atoms with Gasteiger partial charge in [-0.3, -0.25) is 9.97 Å². The smallest absolute Gasteiger partial charge is 0.255 e. The molecule has 0 N–H and O–H groups in total. The minimum atomic E-state index is -4.47. The lowest BCUT2D eigenvalue weighted by Gasteiger charge is -2.06. The minimum Gasteiger partial charge on any atom is -0.255 e. The van der Waals surface area contributed by atoms with Crippen LogP contribution in [0.1, 0.15) is 11.3 Å². The Balaban J connectivity index is 2.45. The Morgan fingerprint density at radius 3 is 2.44 bits per heavy atom. The summed E-state index contributed by atoms with van der Waals surface area (Å²) in [6.07, 6.45) is -1.94. The van der Waals surface area contributed by atoms with E-state index in [0.717, 1.165) is 12.3 Å². The van der Waals surface area contributed by atoms with E-state index in [9.17, 15) is 13.2 Å². The maximum Gasteiger partial charge on any atom is 0.433 e. The monoisotopic (exact) mass is 249 g/mol. The van der Waals surface area contributed by atoms with Gasteiger partial charge in [0.2, 0.25) is 0 Å². The van der Waals surface area contributed by atoms with Gasteiger partial charge in [0, 0.05) is 18.0 Å². The van der Waals surface area contributed by atoms with Crippen LogP contribution in [0.2, 0.25) is 0 Å². The summed E-state index contributed by atoms with van der Waals surface area (Å²) in [4.78, 5) is 7.30. The van der Waals surface area contributed by atoms with Crippen LogP contribution in [0.25, 0.3) is 11.3 Å². The number of hydrogen-bond acceptors (Lipinski definition) is 3. The molecule has 0 spiro atoms. The topological polar surface area (TPSA) is 49.6 Å². The van der Waals surface area contributed by atoms with Crippen molar-refractivity contribution in [2.24, 2.45) is 0 Å². The Hall–Kier alpha value is -2.42. The Kier molecular flexibility index (Phi) is 2.98. The predicted molar refractivity (Wildman–Crippen MR) is 57.2 cm³/mol. The molecule has 3 nitrogen and oxygen atoms in total. The number of nitrogens with zero attached hydrogens (tertiary/aromatic N) is 3. The van der Waals surface area contributed by atoms with Crippen LogP contribution in [0.15, 0.2) is 36.7 Å². The van der Waals surface area contributed by atoms with Gasteiger partial charge in [0.25, 0.3) is 0 Å². The second-order valence-electron chi connectivity index (χ2n) is 3.44. The van der Waals surface area contributed by atoms with E-state index in [1.54, 1.807) is 12.1 Å².